The molecule has 0 saturated carbocycles. The molecule has 0 saturated heterocycles. The first-order valence-electron chi connectivity index (χ1n) is 14.6. The summed E-state index contributed by atoms with van der Waals surface area (Å²) in [6, 6.07) is 9.82. The van der Waals surface area contributed by atoms with Crippen molar-refractivity contribution in [2.45, 2.75) is 92.4 Å². The summed E-state index contributed by atoms with van der Waals surface area (Å²) in [5.41, 5.74) is 2.55. The van der Waals surface area contributed by atoms with Crippen molar-refractivity contribution < 1.29 is 23.7 Å². The van der Waals surface area contributed by atoms with Crippen molar-refractivity contribution in [2.24, 2.45) is 0 Å². The minimum absolute atomic E-state index is 0.154. The molecule has 0 N–H and O–H groups in total. The highest BCUT2D eigenvalue weighted by atomic mass is 16.5. The third-order valence-electron chi connectivity index (χ3n) is 6.21. The number of ketones is 1. The summed E-state index contributed by atoms with van der Waals surface area (Å²) in [5.74, 6) is 2.32. The first kappa shape index (κ1) is 31.3. The van der Waals surface area contributed by atoms with Crippen molar-refractivity contribution in [2.75, 3.05) is 26.4 Å². The molecule has 0 aliphatic heterocycles. The number of carbonyl (C=O) groups excluding carboxylic acids is 1. The van der Waals surface area contributed by atoms with Crippen molar-refractivity contribution in [3.8, 4) is 23.0 Å². The first-order chi connectivity index (χ1) is 18.6. The molecule has 210 valence electrons. The Labute approximate surface area is 230 Å². The van der Waals surface area contributed by atoms with Gasteiger partial charge in [0, 0.05) is 11.6 Å². The van der Waals surface area contributed by atoms with Crippen molar-refractivity contribution in [1.29, 1.82) is 0 Å². The van der Waals surface area contributed by atoms with E-state index in [0.29, 0.717) is 49.2 Å². The number of unbranched alkanes of at least 4 members (excludes halogenated alkanes) is 4. The van der Waals surface area contributed by atoms with Crippen LogP contribution in [0.25, 0.3) is 6.08 Å². The van der Waals surface area contributed by atoms with Crippen molar-refractivity contribution in [3.63, 3.8) is 0 Å². The third kappa shape index (κ3) is 10.4. The van der Waals surface area contributed by atoms with Gasteiger partial charge in [-0.2, -0.15) is 0 Å². The lowest BCUT2D eigenvalue weighted by Gasteiger charge is -2.18. The SMILES string of the molecule is CCCCOc1cc(OCCCC)c(OCCCC)c(C(=O)/C=C/c2cc(CC)ccc2OCCCC)c1. The standard InChI is InChI=1S/C33H48O5/c1-6-11-19-35-28-24-29(33(38-22-14-9-4)32(25-28)37-21-13-8-3)30(34)17-16-27-23-26(10-5)15-18-31(27)36-20-12-7-2/h15-18,23-25H,6-14,19-22H2,1-5H3/b17-16+. The summed E-state index contributed by atoms with van der Waals surface area (Å²) < 4.78 is 24.3. The van der Waals surface area contributed by atoms with E-state index in [1.807, 2.05) is 18.2 Å². The highest BCUT2D eigenvalue weighted by Gasteiger charge is 2.19. The lowest BCUT2D eigenvalue weighted by Crippen LogP contribution is -2.08. The smallest absolute Gasteiger partial charge is 0.189 e. The summed E-state index contributed by atoms with van der Waals surface area (Å²) in [5, 5.41) is 0. The predicted molar refractivity (Wildman–Crippen MR) is 157 cm³/mol. The number of hydrogen-bond donors (Lipinski definition) is 0. The number of carbonyl (C=O) groups is 1. The summed E-state index contributed by atoms with van der Waals surface area (Å²) in [4.78, 5) is 13.6. The zero-order valence-corrected chi connectivity index (χ0v) is 24.3. The van der Waals surface area contributed by atoms with Gasteiger partial charge in [0.25, 0.3) is 0 Å². The van der Waals surface area contributed by atoms with Crippen LogP contribution in [-0.2, 0) is 6.42 Å². The van der Waals surface area contributed by atoms with Crippen LogP contribution in [0.1, 0.15) is 107 Å². The minimum Gasteiger partial charge on any atom is -0.493 e. The predicted octanol–water partition coefficient (Wildman–Crippen LogP) is 8.86. The van der Waals surface area contributed by atoms with Gasteiger partial charge in [-0.3, -0.25) is 4.79 Å². The summed E-state index contributed by atoms with van der Waals surface area (Å²) in [6.45, 7) is 13.0. The Morgan fingerprint density at radius 1 is 0.684 bits per heavy atom. The molecule has 2 rings (SSSR count). The van der Waals surface area contributed by atoms with Crippen LogP contribution in [0.2, 0.25) is 0 Å². The van der Waals surface area contributed by atoms with Crippen LogP contribution in [0.5, 0.6) is 23.0 Å². The highest BCUT2D eigenvalue weighted by molar-refractivity contribution is 6.09. The first-order valence-corrected chi connectivity index (χ1v) is 14.6. The molecule has 0 atom stereocenters. The third-order valence-corrected chi connectivity index (χ3v) is 6.21. The van der Waals surface area contributed by atoms with Gasteiger partial charge in [0.05, 0.1) is 32.0 Å². The minimum atomic E-state index is -0.154. The average molecular weight is 525 g/mol. The Bertz CT molecular complexity index is 995. The van der Waals surface area contributed by atoms with Gasteiger partial charge >= 0.3 is 0 Å². The molecule has 0 spiro atoms. The largest absolute Gasteiger partial charge is 0.493 e. The van der Waals surface area contributed by atoms with E-state index < -0.39 is 0 Å². The van der Waals surface area contributed by atoms with E-state index >= 15 is 0 Å². The number of ether oxygens (including phenoxy) is 4. The average Bonchev–Trinajstić information content (AvgIpc) is 2.93. The molecule has 0 amide bonds. The van der Waals surface area contributed by atoms with E-state index in [1.165, 1.54) is 5.56 Å². The van der Waals surface area contributed by atoms with Crippen LogP contribution in [-0.4, -0.2) is 32.2 Å². The Hall–Kier alpha value is -2.95. The van der Waals surface area contributed by atoms with Gasteiger partial charge in [-0.25, -0.2) is 0 Å². The van der Waals surface area contributed by atoms with Crippen LogP contribution in [0.4, 0.5) is 0 Å². The molecule has 0 aliphatic rings. The van der Waals surface area contributed by atoms with E-state index in [2.05, 4.69) is 46.8 Å². The van der Waals surface area contributed by atoms with Crippen molar-refractivity contribution in [1.82, 2.24) is 0 Å². The normalized spacial score (nSPS) is 11.1. The molecule has 2 aromatic carbocycles. The van der Waals surface area contributed by atoms with Crippen LogP contribution in [0.3, 0.4) is 0 Å². The number of aryl methyl sites for hydroxylation is 1. The number of rotatable bonds is 20. The van der Waals surface area contributed by atoms with Gasteiger partial charge < -0.3 is 18.9 Å². The number of hydrogen-bond acceptors (Lipinski definition) is 5. The zero-order valence-electron chi connectivity index (χ0n) is 24.3. The zero-order chi connectivity index (χ0) is 27.6. The number of allylic oxidation sites excluding steroid dienone is 1. The van der Waals surface area contributed by atoms with Crippen LogP contribution < -0.4 is 18.9 Å². The second-order valence-electron chi connectivity index (χ2n) is 9.53. The fourth-order valence-corrected chi connectivity index (χ4v) is 3.74. The second-order valence-corrected chi connectivity index (χ2v) is 9.53. The molecular weight excluding hydrogens is 476 g/mol. The van der Waals surface area contributed by atoms with E-state index in [9.17, 15) is 4.79 Å². The number of benzene rings is 2. The van der Waals surface area contributed by atoms with E-state index in [1.54, 1.807) is 12.1 Å². The van der Waals surface area contributed by atoms with E-state index in [-0.39, 0.29) is 5.78 Å². The van der Waals surface area contributed by atoms with E-state index in [0.717, 1.165) is 69.1 Å². The van der Waals surface area contributed by atoms with Crippen LogP contribution in [0.15, 0.2) is 36.4 Å². The Morgan fingerprint density at radius 3 is 1.87 bits per heavy atom. The fourth-order valence-electron chi connectivity index (χ4n) is 3.74. The summed E-state index contributed by atoms with van der Waals surface area (Å²) >= 11 is 0. The van der Waals surface area contributed by atoms with Gasteiger partial charge in [-0.1, -0.05) is 66.4 Å². The maximum absolute atomic E-state index is 13.6. The maximum atomic E-state index is 13.6. The van der Waals surface area contributed by atoms with Gasteiger partial charge in [0.2, 0.25) is 0 Å². The molecule has 0 heterocycles. The monoisotopic (exact) mass is 524 g/mol. The molecule has 0 radical (unpaired) electrons. The Kier molecular flexibility index (Phi) is 15.1. The molecule has 0 unspecified atom stereocenters. The molecule has 2 aromatic rings. The fraction of sp³-hybridized carbons (Fsp3) is 0.545. The van der Waals surface area contributed by atoms with Crippen molar-refractivity contribution >= 4 is 11.9 Å². The topological polar surface area (TPSA) is 54.0 Å². The quantitative estimate of drug-likeness (QED) is 0.0983. The van der Waals surface area contributed by atoms with E-state index in [4.69, 9.17) is 18.9 Å². The Morgan fingerprint density at radius 2 is 1.26 bits per heavy atom. The van der Waals surface area contributed by atoms with Crippen molar-refractivity contribution in [3.05, 3.63) is 53.1 Å². The van der Waals surface area contributed by atoms with Gasteiger partial charge in [0.1, 0.15) is 11.5 Å². The highest BCUT2D eigenvalue weighted by Crippen LogP contribution is 2.37. The molecule has 0 aliphatic carbocycles. The molecule has 5 nitrogen and oxygen atoms in total. The van der Waals surface area contributed by atoms with Gasteiger partial charge in [-0.15, -0.1) is 0 Å². The molecular formula is C33H48O5. The lowest BCUT2D eigenvalue weighted by molar-refractivity contribution is 0.104. The van der Waals surface area contributed by atoms with Gasteiger partial charge in [0.15, 0.2) is 17.3 Å². The molecule has 0 bridgehead atoms. The molecule has 0 aromatic heterocycles. The van der Waals surface area contributed by atoms with Gasteiger partial charge in [-0.05, 0) is 68.0 Å². The second kappa shape index (κ2) is 18.3. The van der Waals surface area contributed by atoms with Crippen LogP contribution in [0, 0.1) is 0 Å². The summed E-state index contributed by atoms with van der Waals surface area (Å²) in [7, 11) is 0. The molecule has 0 fully saturated rings. The Balaban J connectivity index is 2.45. The summed E-state index contributed by atoms with van der Waals surface area (Å²) in [6.07, 6.45) is 12.2. The molecule has 38 heavy (non-hydrogen) atoms. The maximum Gasteiger partial charge on any atom is 0.189 e. The van der Waals surface area contributed by atoms with Crippen LogP contribution >= 0.6 is 0 Å². The lowest BCUT2D eigenvalue weighted by atomic mass is 10.0. The molecule has 5 heteroatoms.